The summed E-state index contributed by atoms with van der Waals surface area (Å²) in [5, 5.41) is 6.38. The van der Waals surface area contributed by atoms with Gasteiger partial charge in [-0.25, -0.2) is 4.79 Å². The fourth-order valence-electron chi connectivity index (χ4n) is 3.04. The zero-order valence-electron chi connectivity index (χ0n) is 15.2. The van der Waals surface area contributed by atoms with Gasteiger partial charge in [-0.3, -0.25) is 14.5 Å². The molecular formula is C20H19Cl2N3O3. The van der Waals surface area contributed by atoms with Gasteiger partial charge in [0.15, 0.2) is 0 Å². The van der Waals surface area contributed by atoms with Crippen LogP contribution in [0.5, 0.6) is 0 Å². The van der Waals surface area contributed by atoms with Crippen LogP contribution in [0.1, 0.15) is 24.0 Å². The van der Waals surface area contributed by atoms with Crippen LogP contribution in [-0.2, 0) is 16.1 Å². The van der Waals surface area contributed by atoms with Gasteiger partial charge in [0.25, 0.3) is 0 Å². The van der Waals surface area contributed by atoms with Crippen molar-refractivity contribution in [2.75, 3.05) is 5.32 Å². The summed E-state index contributed by atoms with van der Waals surface area (Å²) in [6, 6.07) is 10.7. The van der Waals surface area contributed by atoms with Crippen LogP contribution in [0.4, 0.5) is 10.5 Å². The molecule has 2 aromatic rings. The molecule has 1 saturated heterocycles. The summed E-state index contributed by atoms with van der Waals surface area (Å²) < 4.78 is 0. The van der Waals surface area contributed by atoms with E-state index in [-0.39, 0.29) is 25.3 Å². The third kappa shape index (κ3) is 4.46. The zero-order chi connectivity index (χ0) is 20.3. The van der Waals surface area contributed by atoms with E-state index in [4.69, 9.17) is 23.2 Å². The molecule has 3 rings (SSSR count). The van der Waals surface area contributed by atoms with E-state index < -0.39 is 18.0 Å². The number of hydrogen-bond acceptors (Lipinski definition) is 3. The van der Waals surface area contributed by atoms with Crippen LogP contribution in [0.15, 0.2) is 42.5 Å². The van der Waals surface area contributed by atoms with Gasteiger partial charge in [0, 0.05) is 28.7 Å². The van der Waals surface area contributed by atoms with Crippen molar-refractivity contribution < 1.29 is 14.4 Å². The van der Waals surface area contributed by atoms with Gasteiger partial charge in [0.2, 0.25) is 11.8 Å². The number of para-hydroxylation sites is 1. The smallest absolute Gasteiger partial charge is 0.329 e. The molecular weight excluding hydrogens is 401 g/mol. The number of nitrogens with one attached hydrogen (secondary N) is 2. The van der Waals surface area contributed by atoms with Gasteiger partial charge < -0.3 is 10.6 Å². The minimum atomic E-state index is -0.859. The van der Waals surface area contributed by atoms with Crippen LogP contribution in [0.25, 0.3) is 0 Å². The SMILES string of the molecule is Cc1ccccc1NC(=O)N1C(=O)CC[C@H]1C(=O)NCc1ccc(Cl)cc1Cl. The number of nitrogens with zero attached hydrogens (tertiary/aromatic N) is 1. The first-order chi connectivity index (χ1) is 13.4. The lowest BCUT2D eigenvalue weighted by molar-refractivity contribution is -0.132. The van der Waals surface area contributed by atoms with Gasteiger partial charge in [0.05, 0.1) is 0 Å². The molecule has 0 spiro atoms. The van der Waals surface area contributed by atoms with Gasteiger partial charge in [-0.15, -0.1) is 0 Å². The topological polar surface area (TPSA) is 78.5 Å². The van der Waals surface area contributed by atoms with E-state index in [1.54, 1.807) is 30.3 Å². The van der Waals surface area contributed by atoms with E-state index in [1.807, 2.05) is 19.1 Å². The number of urea groups is 1. The molecule has 28 heavy (non-hydrogen) atoms. The van der Waals surface area contributed by atoms with Crippen molar-refractivity contribution in [3.05, 3.63) is 63.6 Å². The molecule has 0 bridgehead atoms. The van der Waals surface area contributed by atoms with Crippen LogP contribution in [0.3, 0.4) is 0 Å². The Kier molecular flexibility index (Phi) is 6.21. The molecule has 8 heteroatoms. The lowest BCUT2D eigenvalue weighted by atomic mass is 10.2. The first-order valence-corrected chi connectivity index (χ1v) is 9.52. The second kappa shape index (κ2) is 8.63. The lowest BCUT2D eigenvalue weighted by Crippen LogP contribution is -2.49. The van der Waals surface area contributed by atoms with Crippen LogP contribution in [0, 0.1) is 6.92 Å². The Labute approximate surface area is 172 Å². The molecule has 1 aliphatic heterocycles. The number of hydrogen-bond donors (Lipinski definition) is 2. The van der Waals surface area contributed by atoms with Crippen molar-refractivity contribution >= 4 is 46.7 Å². The molecule has 2 aromatic carbocycles. The van der Waals surface area contributed by atoms with Crippen LogP contribution < -0.4 is 10.6 Å². The monoisotopic (exact) mass is 419 g/mol. The average Bonchev–Trinajstić information content (AvgIpc) is 3.04. The summed E-state index contributed by atoms with van der Waals surface area (Å²) in [5.74, 6) is -0.785. The Morgan fingerprint density at radius 2 is 1.93 bits per heavy atom. The van der Waals surface area contributed by atoms with E-state index in [0.717, 1.165) is 10.5 Å². The number of imide groups is 1. The Morgan fingerprint density at radius 3 is 2.64 bits per heavy atom. The maximum atomic E-state index is 12.6. The van der Waals surface area contributed by atoms with Crippen molar-refractivity contribution in [3.63, 3.8) is 0 Å². The Bertz CT molecular complexity index is 933. The Hall–Kier alpha value is -2.57. The predicted octanol–water partition coefficient (Wildman–Crippen LogP) is 4.14. The number of carbonyl (C=O) groups is 3. The Balaban J connectivity index is 1.68. The highest BCUT2D eigenvalue weighted by Gasteiger charge is 2.40. The van der Waals surface area contributed by atoms with Crippen molar-refractivity contribution in [1.82, 2.24) is 10.2 Å². The first kappa shape index (κ1) is 20.2. The van der Waals surface area contributed by atoms with Crippen molar-refractivity contribution in [2.45, 2.75) is 32.4 Å². The summed E-state index contributed by atoms with van der Waals surface area (Å²) in [6.45, 7) is 2.02. The molecule has 0 aromatic heterocycles. The number of amides is 4. The van der Waals surface area contributed by atoms with Crippen molar-refractivity contribution in [3.8, 4) is 0 Å². The molecule has 1 heterocycles. The van der Waals surface area contributed by atoms with Crippen molar-refractivity contribution in [2.24, 2.45) is 0 Å². The summed E-state index contributed by atoms with van der Waals surface area (Å²) in [5.41, 5.74) is 2.15. The molecule has 0 saturated carbocycles. The molecule has 0 aliphatic carbocycles. The number of anilines is 1. The molecule has 1 atom stereocenters. The fourth-order valence-corrected chi connectivity index (χ4v) is 3.52. The summed E-state index contributed by atoms with van der Waals surface area (Å²) >= 11 is 12.0. The second-order valence-corrected chi connectivity index (χ2v) is 7.36. The minimum absolute atomic E-state index is 0.140. The molecule has 0 unspecified atom stereocenters. The van der Waals surface area contributed by atoms with Gasteiger partial charge in [0.1, 0.15) is 6.04 Å². The van der Waals surface area contributed by atoms with E-state index in [9.17, 15) is 14.4 Å². The van der Waals surface area contributed by atoms with E-state index in [1.165, 1.54) is 0 Å². The highest BCUT2D eigenvalue weighted by molar-refractivity contribution is 6.35. The molecule has 146 valence electrons. The fraction of sp³-hybridized carbons (Fsp3) is 0.250. The maximum Gasteiger partial charge on any atom is 0.329 e. The van der Waals surface area contributed by atoms with Crippen LogP contribution in [0.2, 0.25) is 10.0 Å². The average molecular weight is 420 g/mol. The first-order valence-electron chi connectivity index (χ1n) is 8.77. The second-order valence-electron chi connectivity index (χ2n) is 6.52. The molecule has 1 fully saturated rings. The van der Waals surface area contributed by atoms with Gasteiger partial charge in [-0.05, 0) is 42.7 Å². The Morgan fingerprint density at radius 1 is 1.18 bits per heavy atom. The third-order valence-electron chi connectivity index (χ3n) is 4.59. The number of likely N-dealkylation sites (tertiary alicyclic amines) is 1. The lowest BCUT2D eigenvalue weighted by Gasteiger charge is -2.23. The maximum absolute atomic E-state index is 12.6. The van der Waals surface area contributed by atoms with Gasteiger partial charge in [-0.1, -0.05) is 47.5 Å². The number of halogens is 2. The summed E-state index contributed by atoms with van der Waals surface area (Å²) in [7, 11) is 0. The van der Waals surface area contributed by atoms with Gasteiger partial charge >= 0.3 is 6.03 Å². The van der Waals surface area contributed by atoms with Crippen LogP contribution in [-0.4, -0.2) is 28.8 Å². The van der Waals surface area contributed by atoms with E-state index in [0.29, 0.717) is 21.3 Å². The molecule has 0 radical (unpaired) electrons. The normalized spacial score (nSPS) is 16.2. The molecule has 4 amide bonds. The number of rotatable bonds is 4. The molecule has 2 N–H and O–H groups in total. The number of carbonyl (C=O) groups excluding carboxylic acids is 3. The zero-order valence-corrected chi connectivity index (χ0v) is 16.7. The van der Waals surface area contributed by atoms with E-state index >= 15 is 0 Å². The third-order valence-corrected chi connectivity index (χ3v) is 5.18. The quantitative estimate of drug-likeness (QED) is 0.781. The molecule has 1 aliphatic rings. The minimum Gasteiger partial charge on any atom is -0.350 e. The van der Waals surface area contributed by atoms with E-state index in [2.05, 4.69) is 10.6 Å². The predicted molar refractivity (Wildman–Crippen MR) is 108 cm³/mol. The largest absolute Gasteiger partial charge is 0.350 e. The number of aryl methyl sites for hydroxylation is 1. The number of benzene rings is 2. The van der Waals surface area contributed by atoms with Crippen molar-refractivity contribution in [1.29, 1.82) is 0 Å². The summed E-state index contributed by atoms with van der Waals surface area (Å²) in [6.07, 6.45) is 0.418. The van der Waals surface area contributed by atoms with Crippen LogP contribution >= 0.6 is 23.2 Å². The highest BCUT2D eigenvalue weighted by Crippen LogP contribution is 2.23. The van der Waals surface area contributed by atoms with Gasteiger partial charge in [-0.2, -0.15) is 0 Å². The molecule has 6 nitrogen and oxygen atoms in total. The highest BCUT2D eigenvalue weighted by atomic mass is 35.5. The summed E-state index contributed by atoms with van der Waals surface area (Å²) in [4.78, 5) is 38.5. The standard InChI is InChI=1S/C20H19Cl2N3O3/c1-12-4-2-3-5-16(12)24-20(28)25-17(8-9-18(25)26)19(27)23-11-13-6-7-14(21)10-15(13)22/h2-7,10,17H,8-9,11H2,1H3,(H,23,27)(H,24,28)/t17-/m0/s1.